The second-order valence-corrected chi connectivity index (χ2v) is 9.37. The maximum Gasteiger partial charge on any atom is 0.318 e. The summed E-state index contributed by atoms with van der Waals surface area (Å²) in [6.07, 6.45) is 1.06. The average Bonchev–Trinajstić information content (AvgIpc) is 2.96. The van der Waals surface area contributed by atoms with Gasteiger partial charge in [-0.25, -0.2) is 0 Å². The van der Waals surface area contributed by atoms with Crippen LogP contribution < -0.4 is 14.5 Å². The van der Waals surface area contributed by atoms with E-state index in [1.165, 1.54) is 16.5 Å². The molecule has 1 unspecified atom stereocenters. The van der Waals surface area contributed by atoms with Crippen LogP contribution in [0.1, 0.15) is 38.4 Å². The standard InChI is InChI=1S/C28H30N6O2.C2H6/c1-19(2)27(35)34-16-15-33(17-21(34)11-13-29)26-23-12-14-32(18-24(23)30-28(31-26)36-3)25-10-6-8-20-7-4-5-9-22(20)25;1-2/h4-10,21H,1,11-12,14-18H2,2-3H3;1-2H3. The number of piperazine rings is 1. The minimum absolute atomic E-state index is 0.0945. The summed E-state index contributed by atoms with van der Waals surface area (Å²) in [7, 11) is 1.58. The van der Waals surface area contributed by atoms with Gasteiger partial charge in [-0.1, -0.05) is 56.8 Å². The van der Waals surface area contributed by atoms with Gasteiger partial charge in [0.25, 0.3) is 0 Å². The molecular weight excluding hydrogens is 476 g/mol. The van der Waals surface area contributed by atoms with Crippen molar-refractivity contribution in [1.29, 1.82) is 5.26 Å². The second-order valence-electron chi connectivity index (χ2n) is 9.37. The van der Waals surface area contributed by atoms with E-state index in [1.807, 2.05) is 13.8 Å². The molecule has 8 nitrogen and oxygen atoms in total. The molecular formula is C30H36N6O2. The van der Waals surface area contributed by atoms with Gasteiger partial charge >= 0.3 is 6.01 Å². The smallest absolute Gasteiger partial charge is 0.318 e. The van der Waals surface area contributed by atoms with Crippen molar-refractivity contribution in [3.05, 3.63) is 65.9 Å². The van der Waals surface area contributed by atoms with Crippen molar-refractivity contribution in [1.82, 2.24) is 14.9 Å². The van der Waals surface area contributed by atoms with Crippen molar-refractivity contribution >= 4 is 28.2 Å². The predicted molar refractivity (Wildman–Crippen MR) is 151 cm³/mol. The molecule has 0 saturated carbocycles. The Morgan fingerprint density at radius 1 is 1.11 bits per heavy atom. The van der Waals surface area contributed by atoms with Crippen LogP contribution in [0.5, 0.6) is 6.01 Å². The molecule has 0 bridgehead atoms. The van der Waals surface area contributed by atoms with Gasteiger partial charge in [0, 0.05) is 48.4 Å². The summed E-state index contributed by atoms with van der Waals surface area (Å²) in [4.78, 5) is 28.5. The first-order valence-corrected chi connectivity index (χ1v) is 13.2. The lowest BCUT2D eigenvalue weighted by atomic mass is 10.0. The molecule has 1 aromatic heterocycles. The minimum atomic E-state index is -0.222. The van der Waals surface area contributed by atoms with Gasteiger partial charge < -0.3 is 19.4 Å². The Balaban J connectivity index is 0.00000164. The van der Waals surface area contributed by atoms with E-state index in [4.69, 9.17) is 14.7 Å². The lowest BCUT2D eigenvalue weighted by molar-refractivity contribution is -0.129. The van der Waals surface area contributed by atoms with Gasteiger partial charge in [0.1, 0.15) is 5.82 Å². The predicted octanol–water partition coefficient (Wildman–Crippen LogP) is 4.73. The SMILES string of the molecule is C=C(C)C(=O)N1CCN(c2nc(OC)nc3c2CCN(c2cccc4ccccc24)C3)CC1CC#N.CC. The average molecular weight is 513 g/mol. The van der Waals surface area contributed by atoms with E-state index in [9.17, 15) is 10.1 Å². The van der Waals surface area contributed by atoms with Crippen molar-refractivity contribution in [3.63, 3.8) is 0 Å². The third kappa shape index (κ3) is 5.28. The third-order valence-corrected chi connectivity index (χ3v) is 7.05. The molecule has 3 heterocycles. The fraction of sp³-hybridized carbons (Fsp3) is 0.400. The van der Waals surface area contributed by atoms with Gasteiger partial charge in [-0.2, -0.15) is 15.2 Å². The van der Waals surface area contributed by atoms with Crippen molar-refractivity contribution < 1.29 is 9.53 Å². The zero-order chi connectivity index (χ0) is 27.2. The quantitative estimate of drug-likeness (QED) is 0.457. The molecule has 8 heteroatoms. The minimum Gasteiger partial charge on any atom is -0.467 e. The number of fused-ring (bicyclic) bond motifs is 2. The van der Waals surface area contributed by atoms with Gasteiger partial charge in [0.05, 0.1) is 37.9 Å². The summed E-state index contributed by atoms with van der Waals surface area (Å²) in [6.45, 7) is 12.7. The first kappa shape index (κ1) is 26.9. The summed E-state index contributed by atoms with van der Waals surface area (Å²) < 4.78 is 5.49. The number of methoxy groups -OCH3 is 1. The maximum atomic E-state index is 12.7. The van der Waals surface area contributed by atoms with E-state index >= 15 is 0 Å². The van der Waals surface area contributed by atoms with Gasteiger partial charge in [-0.05, 0) is 24.8 Å². The van der Waals surface area contributed by atoms with E-state index in [1.54, 1.807) is 18.9 Å². The molecule has 1 saturated heterocycles. The van der Waals surface area contributed by atoms with Gasteiger partial charge in [-0.15, -0.1) is 0 Å². The topological polar surface area (TPSA) is 85.6 Å². The first-order valence-electron chi connectivity index (χ1n) is 13.2. The molecule has 1 atom stereocenters. The number of anilines is 2. The third-order valence-electron chi connectivity index (χ3n) is 7.05. The van der Waals surface area contributed by atoms with Gasteiger partial charge in [0.15, 0.2) is 0 Å². The van der Waals surface area contributed by atoms with Crippen LogP contribution in [-0.4, -0.2) is 60.1 Å². The molecule has 2 aliphatic heterocycles. The van der Waals surface area contributed by atoms with E-state index in [2.05, 4.69) is 64.9 Å². The Bertz CT molecular complexity index is 1360. The molecule has 2 aromatic carbocycles. The highest BCUT2D eigenvalue weighted by molar-refractivity contribution is 5.94. The number of benzene rings is 2. The Morgan fingerprint density at radius 3 is 2.61 bits per heavy atom. The fourth-order valence-corrected chi connectivity index (χ4v) is 5.27. The molecule has 3 aromatic rings. The molecule has 0 spiro atoms. The highest BCUT2D eigenvalue weighted by Gasteiger charge is 2.34. The van der Waals surface area contributed by atoms with Crippen LogP contribution in [0.4, 0.5) is 11.5 Å². The fourth-order valence-electron chi connectivity index (χ4n) is 5.27. The van der Waals surface area contributed by atoms with Crippen LogP contribution >= 0.6 is 0 Å². The number of hydrogen-bond donors (Lipinski definition) is 0. The van der Waals surface area contributed by atoms with Crippen LogP contribution in [0.15, 0.2) is 54.6 Å². The van der Waals surface area contributed by atoms with E-state index < -0.39 is 0 Å². The van der Waals surface area contributed by atoms with Gasteiger partial charge in [-0.3, -0.25) is 4.79 Å². The zero-order valence-corrected chi connectivity index (χ0v) is 22.8. The number of rotatable bonds is 5. The Labute approximate surface area is 225 Å². The van der Waals surface area contributed by atoms with Crippen LogP contribution in [-0.2, 0) is 17.8 Å². The summed E-state index contributed by atoms with van der Waals surface area (Å²) >= 11 is 0. The first-order chi connectivity index (χ1) is 18.5. The van der Waals surface area contributed by atoms with Crippen LogP contribution in [0.25, 0.3) is 10.8 Å². The van der Waals surface area contributed by atoms with Crippen molar-refractivity contribution in [2.45, 2.75) is 46.2 Å². The highest BCUT2D eigenvalue weighted by atomic mass is 16.5. The number of hydrogen-bond acceptors (Lipinski definition) is 7. The molecule has 1 amide bonds. The lowest BCUT2D eigenvalue weighted by Crippen LogP contribution is -2.56. The highest BCUT2D eigenvalue weighted by Crippen LogP contribution is 2.34. The Morgan fingerprint density at radius 2 is 1.87 bits per heavy atom. The summed E-state index contributed by atoms with van der Waals surface area (Å²) in [5.41, 5.74) is 3.75. The summed E-state index contributed by atoms with van der Waals surface area (Å²) in [5.74, 6) is 0.753. The van der Waals surface area contributed by atoms with E-state index in [0.717, 1.165) is 30.0 Å². The maximum absolute atomic E-state index is 12.7. The monoisotopic (exact) mass is 512 g/mol. The molecule has 1 fully saturated rings. The molecule has 38 heavy (non-hydrogen) atoms. The number of aromatic nitrogens is 2. The largest absolute Gasteiger partial charge is 0.467 e. The van der Waals surface area contributed by atoms with Crippen molar-refractivity contribution in [2.24, 2.45) is 0 Å². The van der Waals surface area contributed by atoms with Crippen LogP contribution in [0.3, 0.4) is 0 Å². The van der Waals surface area contributed by atoms with Crippen molar-refractivity contribution in [3.8, 4) is 12.1 Å². The lowest BCUT2D eigenvalue weighted by Gasteiger charge is -2.42. The normalized spacial score (nSPS) is 16.7. The van der Waals surface area contributed by atoms with Crippen molar-refractivity contribution in [2.75, 3.05) is 43.1 Å². The second kappa shape index (κ2) is 12.0. The Hall–Kier alpha value is -4.12. The van der Waals surface area contributed by atoms with E-state index in [0.29, 0.717) is 37.8 Å². The summed E-state index contributed by atoms with van der Waals surface area (Å²) in [6, 6.07) is 17.2. The summed E-state index contributed by atoms with van der Waals surface area (Å²) in [5, 5.41) is 11.9. The molecule has 2 aliphatic rings. The number of carbonyl (C=O) groups is 1. The number of nitriles is 1. The van der Waals surface area contributed by atoms with E-state index in [-0.39, 0.29) is 18.4 Å². The molecule has 0 radical (unpaired) electrons. The molecule has 0 aliphatic carbocycles. The van der Waals surface area contributed by atoms with Crippen LogP contribution in [0.2, 0.25) is 0 Å². The van der Waals surface area contributed by atoms with Gasteiger partial charge in [0.2, 0.25) is 5.91 Å². The zero-order valence-electron chi connectivity index (χ0n) is 22.8. The molecule has 198 valence electrons. The van der Waals surface area contributed by atoms with Crippen LogP contribution in [0, 0.1) is 11.3 Å². The Kier molecular flexibility index (Phi) is 8.47. The number of nitrogens with zero attached hydrogens (tertiary/aromatic N) is 6. The molecule has 0 N–H and O–H groups in total. The molecule has 5 rings (SSSR count). The number of ether oxygens (including phenoxy) is 1. The number of carbonyl (C=O) groups excluding carboxylic acids is 1. The number of amides is 1.